The third kappa shape index (κ3) is 5.72. The number of carbonyl (C=O) groups excluding carboxylic acids is 1. The Morgan fingerprint density at radius 3 is 2.57 bits per heavy atom. The number of hydrogen-bond donors (Lipinski definition) is 0. The zero-order chi connectivity index (χ0) is 25.1. The highest BCUT2D eigenvalue weighted by molar-refractivity contribution is 9.10. The summed E-state index contributed by atoms with van der Waals surface area (Å²) in [6, 6.07) is 15.2. The van der Waals surface area contributed by atoms with Gasteiger partial charge in [-0.2, -0.15) is 0 Å². The highest BCUT2D eigenvalue weighted by Gasteiger charge is 2.26. The summed E-state index contributed by atoms with van der Waals surface area (Å²) in [6.45, 7) is 0.329. The molecular weight excluding hydrogens is 608 g/mol. The minimum Gasteiger partial charge on any atom is -0.493 e. The molecule has 0 saturated carbocycles. The van der Waals surface area contributed by atoms with E-state index in [1.165, 1.54) is 31.4 Å². The number of ether oxygens (including phenoxy) is 3. The second kappa shape index (κ2) is 10.6. The molecular formula is C24H15Br2ClN2O6. The summed E-state index contributed by atoms with van der Waals surface area (Å²) in [5.41, 5.74) is 1.55. The molecule has 1 aliphatic heterocycles. The molecule has 0 aliphatic carbocycles. The van der Waals surface area contributed by atoms with Crippen molar-refractivity contribution in [2.24, 2.45) is 4.99 Å². The molecule has 178 valence electrons. The first kappa shape index (κ1) is 24.9. The molecule has 3 aromatic rings. The van der Waals surface area contributed by atoms with E-state index in [9.17, 15) is 14.9 Å². The van der Waals surface area contributed by atoms with Crippen molar-refractivity contribution in [1.82, 2.24) is 0 Å². The smallest absolute Gasteiger partial charge is 0.363 e. The average molecular weight is 623 g/mol. The van der Waals surface area contributed by atoms with Crippen molar-refractivity contribution in [2.45, 2.75) is 6.61 Å². The maximum atomic E-state index is 12.4. The number of benzene rings is 3. The summed E-state index contributed by atoms with van der Waals surface area (Å²) in [5, 5.41) is 11.1. The molecule has 0 N–H and O–H groups in total. The highest BCUT2D eigenvalue weighted by atomic mass is 79.9. The molecule has 0 unspecified atom stereocenters. The lowest BCUT2D eigenvalue weighted by molar-refractivity contribution is -0.384. The first-order valence-corrected chi connectivity index (χ1v) is 11.9. The monoisotopic (exact) mass is 620 g/mol. The van der Waals surface area contributed by atoms with Gasteiger partial charge in [-0.05, 0) is 69.5 Å². The zero-order valence-corrected chi connectivity index (χ0v) is 21.9. The average Bonchev–Trinajstić information content (AvgIpc) is 3.19. The zero-order valence-electron chi connectivity index (χ0n) is 18.0. The van der Waals surface area contributed by atoms with Crippen LogP contribution in [-0.2, 0) is 16.1 Å². The van der Waals surface area contributed by atoms with Crippen LogP contribution < -0.4 is 9.47 Å². The SMILES string of the molecule is COc1cc(/C=C2\N=C(c3ccc(Cl)c([N+](=O)[O-])c3)OC2=O)cc(Br)c1OCc1ccc(Br)cc1. The third-order valence-electron chi connectivity index (χ3n) is 4.86. The van der Waals surface area contributed by atoms with Gasteiger partial charge in [0.25, 0.3) is 5.69 Å². The van der Waals surface area contributed by atoms with E-state index in [1.54, 1.807) is 12.1 Å². The number of nitro benzene ring substituents is 1. The fourth-order valence-corrected chi connectivity index (χ4v) is 4.20. The Bertz CT molecular complexity index is 1390. The quantitative estimate of drug-likeness (QED) is 0.126. The van der Waals surface area contributed by atoms with Crippen LogP contribution in [-0.4, -0.2) is 23.9 Å². The normalized spacial score (nSPS) is 14.0. The van der Waals surface area contributed by atoms with Crippen molar-refractivity contribution in [3.63, 3.8) is 0 Å². The number of nitro groups is 1. The Balaban J connectivity index is 1.60. The molecule has 4 rings (SSSR count). The van der Waals surface area contributed by atoms with Crippen LogP contribution >= 0.6 is 43.5 Å². The predicted molar refractivity (Wildman–Crippen MR) is 138 cm³/mol. The van der Waals surface area contributed by atoms with Gasteiger partial charge < -0.3 is 14.2 Å². The lowest BCUT2D eigenvalue weighted by atomic mass is 10.1. The fourth-order valence-electron chi connectivity index (χ4n) is 3.18. The van der Waals surface area contributed by atoms with Crippen LogP contribution in [0.2, 0.25) is 5.02 Å². The van der Waals surface area contributed by atoms with E-state index < -0.39 is 10.9 Å². The number of hydrogen-bond acceptors (Lipinski definition) is 7. The minimum absolute atomic E-state index is 0.0232. The Morgan fingerprint density at radius 1 is 1.14 bits per heavy atom. The molecule has 0 saturated heterocycles. The predicted octanol–water partition coefficient (Wildman–Crippen LogP) is 6.71. The molecule has 1 aliphatic rings. The second-order valence-electron chi connectivity index (χ2n) is 7.21. The number of carbonyl (C=O) groups is 1. The van der Waals surface area contributed by atoms with E-state index in [2.05, 4.69) is 36.9 Å². The van der Waals surface area contributed by atoms with Gasteiger partial charge in [0.15, 0.2) is 17.2 Å². The Labute approximate surface area is 221 Å². The number of rotatable bonds is 7. The van der Waals surface area contributed by atoms with E-state index in [4.69, 9.17) is 25.8 Å². The molecule has 0 amide bonds. The van der Waals surface area contributed by atoms with E-state index >= 15 is 0 Å². The first-order valence-electron chi connectivity index (χ1n) is 9.97. The van der Waals surface area contributed by atoms with Gasteiger partial charge in [-0.3, -0.25) is 10.1 Å². The molecule has 0 fully saturated rings. The summed E-state index contributed by atoms with van der Waals surface area (Å²) < 4.78 is 18.2. The van der Waals surface area contributed by atoms with Gasteiger partial charge in [0.05, 0.1) is 16.5 Å². The van der Waals surface area contributed by atoms with E-state index in [0.29, 0.717) is 28.1 Å². The van der Waals surface area contributed by atoms with Crippen LogP contribution in [0, 0.1) is 10.1 Å². The number of aliphatic imine (C=N–C) groups is 1. The van der Waals surface area contributed by atoms with Crippen LogP contribution in [0.15, 0.2) is 74.2 Å². The van der Waals surface area contributed by atoms with Gasteiger partial charge in [0.1, 0.15) is 11.6 Å². The molecule has 0 spiro atoms. The van der Waals surface area contributed by atoms with Crippen LogP contribution in [0.4, 0.5) is 5.69 Å². The van der Waals surface area contributed by atoms with Gasteiger partial charge in [-0.15, -0.1) is 0 Å². The molecule has 3 aromatic carbocycles. The van der Waals surface area contributed by atoms with Crippen molar-refractivity contribution < 1.29 is 23.9 Å². The molecule has 0 radical (unpaired) electrons. The minimum atomic E-state index is -0.691. The largest absolute Gasteiger partial charge is 0.493 e. The van der Waals surface area contributed by atoms with Crippen LogP contribution in [0.1, 0.15) is 16.7 Å². The number of nitrogens with zero attached hydrogens (tertiary/aromatic N) is 2. The van der Waals surface area contributed by atoms with Crippen molar-refractivity contribution >= 4 is 67.1 Å². The topological polar surface area (TPSA) is 100 Å². The number of esters is 1. The molecule has 8 nitrogen and oxygen atoms in total. The summed E-state index contributed by atoms with van der Waals surface area (Å²) in [5.74, 6) is 0.209. The first-order chi connectivity index (χ1) is 16.7. The molecule has 0 aromatic heterocycles. The van der Waals surface area contributed by atoms with Gasteiger partial charge in [-0.1, -0.05) is 39.7 Å². The van der Waals surface area contributed by atoms with E-state index in [-0.39, 0.29) is 27.9 Å². The fraction of sp³-hybridized carbons (Fsp3) is 0.0833. The van der Waals surface area contributed by atoms with Crippen molar-refractivity contribution in [3.8, 4) is 11.5 Å². The number of methoxy groups -OCH3 is 1. The van der Waals surface area contributed by atoms with Crippen LogP contribution in [0.25, 0.3) is 6.08 Å². The van der Waals surface area contributed by atoms with Crippen LogP contribution in [0.5, 0.6) is 11.5 Å². The van der Waals surface area contributed by atoms with Gasteiger partial charge >= 0.3 is 5.97 Å². The van der Waals surface area contributed by atoms with Crippen molar-refractivity contribution in [2.75, 3.05) is 7.11 Å². The van der Waals surface area contributed by atoms with Gasteiger partial charge in [0, 0.05) is 16.1 Å². The lowest BCUT2D eigenvalue weighted by Gasteiger charge is -2.14. The maximum absolute atomic E-state index is 12.4. The summed E-state index contributed by atoms with van der Waals surface area (Å²) in [6.07, 6.45) is 1.52. The number of halogens is 3. The van der Waals surface area contributed by atoms with E-state index in [0.717, 1.165) is 10.0 Å². The standard InChI is InChI=1S/C24H15Br2ClN2O6/c1-33-21-10-14(8-17(26)22(21)34-12-13-2-5-16(25)6-3-13)9-19-24(30)35-23(28-19)15-4-7-18(27)20(11-15)29(31)32/h2-11H,12H2,1H3/b19-9-. The van der Waals surface area contributed by atoms with Crippen molar-refractivity contribution in [3.05, 3.63) is 101 Å². The Kier molecular flexibility index (Phi) is 7.54. The summed E-state index contributed by atoms with van der Waals surface area (Å²) >= 11 is 12.8. The highest BCUT2D eigenvalue weighted by Crippen LogP contribution is 2.38. The number of cyclic esters (lactones) is 1. The molecule has 11 heteroatoms. The van der Waals surface area contributed by atoms with Crippen LogP contribution in [0.3, 0.4) is 0 Å². The molecule has 35 heavy (non-hydrogen) atoms. The maximum Gasteiger partial charge on any atom is 0.363 e. The molecule has 0 bridgehead atoms. The third-order valence-corrected chi connectivity index (χ3v) is 6.30. The summed E-state index contributed by atoms with van der Waals surface area (Å²) in [7, 11) is 1.51. The van der Waals surface area contributed by atoms with E-state index in [1.807, 2.05) is 24.3 Å². The second-order valence-corrected chi connectivity index (χ2v) is 9.39. The lowest BCUT2D eigenvalue weighted by Crippen LogP contribution is -2.06. The molecule has 1 heterocycles. The van der Waals surface area contributed by atoms with Crippen molar-refractivity contribution in [1.29, 1.82) is 0 Å². The Morgan fingerprint density at radius 2 is 1.89 bits per heavy atom. The van der Waals surface area contributed by atoms with Gasteiger partial charge in [0.2, 0.25) is 5.90 Å². The van der Waals surface area contributed by atoms with Gasteiger partial charge in [-0.25, -0.2) is 9.79 Å². The summed E-state index contributed by atoms with van der Waals surface area (Å²) in [4.78, 5) is 27.1. The Hall–Kier alpha value is -3.21. The molecule has 0 atom stereocenters.